The van der Waals surface area contributed by atoms with Gasteiger partial charge in [0.1, 0.15) is 5.69 Å². The van der Waals surface area contributed by atoms with Crippen LogP contribution in [0.25, 0.3) is 0 Å². The Hall–Kier alpha value is -2.64. The predicted octanol–water partition coefficient (Wildman–Crippen LogP) is -4.02. The van der Waals surface area contributed by atoms with Gasteiger partial charge >= 0.3 is 11.9 Å². The fourth-order valence-electron chi connectivity index (χ4n) is 1.04. The Labute approximate surface area is 90.6 Å². The summed E-state index contributed by atoms with van der Waals surface area (Å²) in [5, 5.41) is 10.5. The molecule has 1 rings (SSSR count). The number of non-ortho nitro benzene ring substituents is 1. The van der Waals surface area contributed by atoms with Crippen LogP contribution in [0.3, 0.4) is 0 Å². The van der Waals surface area contributed by atoms with Crippen molar-refractivity contribution >= 4 is 23.3 Å². The maximum Gasteiger partial charge on any atom is 0.390 e. The molecule has 84 valence electrons. The summed E-state index contributed by atoms with van der Waals surface area (Å²) < 4.78 is 0. The lowest BCUT2D eigenvalue weighted by molar-refractivity contribution is -0.459. The third kappa shape index (κ3) is 3.25. The first kappa shape index (κ1) is 11.4. The van der Waals surface area contributed by atoms with Crippen LogP contribution in [-0.4, -0.2) is 16.8 Å². The Morgan fingerprint density at radius 2 is 2.00 bits per heavy atom. The number of nitrogens with two attached hydrogens (primary N) is 3. The molecule has 0 aliphatic rings. The van der Waals surface area contributed by atoms with Crippen molar-refractivity contribution < 1.29 is 14.9 Å². The third-order valence-electron chi connectivity index (χ3n) is 1.61. The summed E-state index contributed by atoms with van der Waals surface area (Å²) in [6, 6.07) is 5.86. The van der Waals surface area contributed by atoms with Crippen LogP contribution in [0.15, 0.2) is 24.3 Å². The Bertz CT molecular complexity index is 463. The lowest BCUT2D eigenvalue weighted by Crippen LogP contribution is -2.96. The standard InChI is InChI=1S/C8H10N6O2/c9-7(10)13-8(11)12-5-2-1-3-6(4-5)14(15)16/h1-4H,(H6,9,10,11,12,13)/p+2. The maximum atomic E-state index is 10.5. The second-order valence-electron chi connectivity index (χ2n) is 2.93. The quantitative estimate of drug-likeness (QED) is 0.150. The normalized spacial score (nSPS) is 10.9. The summed E-state index contributed by atoms with van der Waals surface area (Å²) >= 11 is 0. The Morgan fingerprint density at radius 3 is 2.56 bits per heavy atom. The first-order chi connectivity index (χ1) is 7.49. The van der Waals surface area contributed by atoms with Crippen LogP contribution in [0, 0.1) is 10.1 Å². The monoisotopic (exact) mass is 224 g/mol. The minimum absolute atomic E-state index is 0.0394. The highest BCUT2D eigenvalue weighted by atomic mass is 16.6. The van der Waals surface area contributed by atoms with E-state index in [0.29, 0.717) is 5.69 Å². The Morgan fingerprint density at radius 1 is 1.31 bits per heavy atom. The minimum atomic E-state index is -0.502. The SMILES string of the molecule is NC(N)=[NH+]C(N)=[NH+]c1cccc([N+](=O)[O-])c1. The number of nitrogens with one attached hydrogen (secondary N) is 2. The zero-order valence-corrected chi connectivity index (χ0v) is 8.31. The first-order valence-corrected chi connectivity index (χ1v) is 4.28. The van der Waals surface area contributed by atoms with E-state index in [-0.39, 0.29) is 17.6 Å². The van der Waals surface area contributed by atoms with Crippen LogP contribution in [0.5, 0.6) is 0 Å². The van der Waals surface area contributed by atoms with Gasteiger partial charge in [-0.05, 0) is 6.07 Å². The van der Waals surface area contributed by atoms with Gasteiger partial charge in [0, 0.05) is 6.07 Å². The lowest BCUT2D eigenvalue weighted by Gasteiger charge is -1.92. The number of guanidine groups is 2. The molecule has 8 nitrogen and oxygen atoms in total. The molecule has 0 saturated carbocycles. The first-order valence-electron chi connectivity index (χ1n) is 4.28. The van der Waals surface area contributed by atoms with Gasteiger partial charge in [-0.3, -0.25) is 27.3 Å². The van der Waals surface area contributed by atoms with Crippen LogP contribution in [0.4, 0.5) is 11.4 Å². The molecule has 0 bridgehead atoms. The fraction of sp³-hybridized carbons (Fsp3) is 0. The van der Waals surface area contributed by atoms with E-state index in [1.807, 2.05) is 0 Å². The number of benzene rings is 1. The van der Waals surface area contributed by atoms with E-state index in [4.69, 9.17) is 17.2 Å². The molecule has 0 amide bonds. The minimum Gasteiger partial charge on any atom is -0.275 e. The van der Waals surface area contributed by atoms with Gasteiger partial charge in [-0.15, -0.1) is 0 Å². The van der Waals surface area contributed by atoms with E-state index in [1.54, 1.807) is 6.07 Å². The third-order valence-corrected chi connectivity index (χ3v) is 1.61. The summed E-state index contributed by atoms with van der Waals surface area (Å²) in [4.78, 5) is 15.1. The molecule has 0 unspecified atom stereocenters. The van der Waals surface area contributed by atoms with E-state index >= 15 is 0 Å². The molecule has 0 fully saturated rings. The van der Waals surface area contributed by atoms with Gasteiger partial charge in [-0.1, -0.05) is 6.07 Å². The number of hydrogen-bond acceptors (Lipinski definition) is 2. The second kappa shape index (κ2) is 4.73. The van der Waals surface area contributed by atoms with Crippen LogP contribution in [0.1, 0.15) is 0 Å². The number of hydrogen-bond donors (Lipinski definition) is 5. The van der Waals surface area contributed by atoms with Crippen molar-refractivity contribution in [2.24, 2.45) is 17.2 Å². The van der Waals surface area contributed by atoms with Crippen molar-refractivity contribution in [2.75, 3.05) is 0 Å². The van der Waals surface area contributed by atoms with Gasteiger partial charge in [-0.2, -0.15) is 4.99 Å². The van der Waals surface area contributed by atoms with E-state index in [9.17, 15) is 10.1 Å². The second-order valence-corrected chi connectivity index (χ2v) is 2.93. The van der Waals surface area contributed by atoms with Gasteiger partial charge < -0.3 is 0 Å². The largest absolute Gasteiger partial charge is 0.390 e. The molecule has 8 N–H and O–H groups in total. The Kier molecular flexibility index (Phi) is 3.38. The molecule has 16 heavy (non-hydrogen) atoms. The highest BCUT2D eigenvalue weighted by Crippen LogP contribution is 2.12. The molecule has 1 aromatic carbocycles. The van der Waals surface area contributed by atoms with Crippen molar-refractivity contribution in [3.05, 3.63) is 34.4 Å². The average Bonchev–Trinajstić information content (AvgIpc) is 2.16. The van der Waals surface area contributed by atoms with Crippen molar-refractivity contribution in [1.29, 1.82) is 0 Å². The molecule has 0 radical (unpaired) electrons. The van der Waals surface area contributed by atoms with Gasteiger partial charge in [0.2, 0.25) is 0 Å². The highest BCUT2D eigenvalue weighted by molar-refractivity contribution is 5.75. The summed E-state index contributed by atoms with van der Waals surface area (Å²) in [7, 11) is 0. The average molecular weight is 224 g/mol. The molecule has 0 saturated heterocycles. The van der Waals surface area contributed by atoms with Crippen molar-refractivity contribution in [3.63, 3.8) is 0 Å². The predicted molar refractivity (Wildman–Crippen MR) is 57.3 cm³/mol. The number of nitro benzene ring substituents is 1. The van der Waals surface area contributed by atoms with Gasteiger partial charge in [0.05, 0.1) is 11.0 Å². The van der Waals surface area contributed by atoms with E-state index in [0.717, 1.165) is 0 Å². The zero-order chi connectivity index (χ0) is 12.1. The molecule has 0 atom stereocenters. The molecule has 0 aromatic heterocycles. The highest BCUT2D eigenvalue weighted by Gasteiger charge is 2.07. The number of nitro groups is 1. The van der Waals surface area contributed by atoms with Gasteiger partial charge in [0.25, 0.3) is 5.69 Å². The van der Waals surface area contributed by atoms with E-state index in [1.165, 1.54) is 18.2 Å². The molecule has 0 heterocycles. The maximum absolute atomic E-state index is 10.5. The van der Waals surface area contributed by atoms with E-state index < -0.39 is 4.92 Å². The molecule has 1 aromatic rings. The van der Waals surface area contributed by atoms with Crippen LogP contribution < -0.4 is 27.2 Å². The lowest BCUT2D eigenvalue weighted by atomic mass is 10.3. The van der Waals surface area contributed by atoms with Crippen LogP contribution >= 0.6 is 0 Å². The molecule has 0 aliphatic carbocycles. The summed E-state index contributed by atoms with van der Waals surface area (Å²) in [6.07, 6.45) is 0. The molecular weight excluding hydrogens is 212 g/mol. The topological polar surface area (TPSA) is 149 Å². The van der Waals surface area contributed by atoms with Crippen LogP contribution in [-0.2, 0) is 0 Å². The smallest absolute Gasteiger partial charge is 0.275 e. The number of nitrogens with zero attached hydrogens (tertiary/aromatic N) is 1. The van der Waals surface area contributed by atoms with Crippen molar-refractivity contribution in [3.8, 4) is 0 Å². The van der Waals surface area contributed by atoms with Crippen molar-refractivity contribution in [2.45, 2.75) is 0 Å². The summed E-state index contributed by atoms with van der Waals surface area (Å²) in [5.41, 5.74) is 16.2. The molecule has 8 heteroatoms. The zero-order valence-electron chi connectivity index (χ0n) is 8.31. The van der Waals surface area contributed by atoms with Crippen LogP contribution in [0.2, 0.25) is 0 Å². The molecular formula is C8H12N6O2+2. The fourth-order valence-corrected chi connectivity index (χ4v) is 1.04. The Balaban J connectivity index is 3.02. The molecule has 0 spiro atoms. The van der Waals surface area contributed by atoms with E-state index in [2.05, 4.69) is 9.98 Å². The molecule has 0 aliphatic heterocycles. The number of rotatable bonds is 2. The summed E-state index contributed by atoms with van der Waals surface area (Å²) in [5.74, 6) is 0.0101. The van der Waals surface area contributed by atoms with Gasteiger partial charge in [0.15, 0.2) is 0 Å². The summed E-state index contributed by atoms with van der Waals surface area (Å²) in [6.45, 7) is 0. The van der Waals surface area contributed by atoms with Gasteiger partial charge in [-0.25, -0.2) is 4.99 Å². The van der Waals surface area contributed by atoms with Crippen molar-refractivity contribution in [1.82, 2.24) is 0 Å².